The van der Waals surface area contributed by atoms with Crippen LogP contribution in [-0.2, 0) is 10.0 Å². The number of aryl methyl sites for hydroxylation is 1. The number of amides is 1. The van der Waals surface area contributed by atoms with Gasteiger partial charge in [-0.3, -0.25) is 9.52 Å². The number of likely N-dealkylation sites (tertiary alicyclic amines) is 1. The van der Waals surface area contributed by atoms with Crippen LogP contribution in [0.25, 0.3) is 0 Å². The van der Waals surface area contributed by atoms with Crippen LogP contribution >= 0.6 is 0 Å². The van der Waals surface area contributed by atoms with E-state index in [1.807, 2.05) is 12.1 Å². The summed E-state index contributed by atoms with van der Waals surface area (Å²) in [7, 11) is -1.31. The van der Waals surface area contributed by atoms with Crippen molar-refractivity contribution in [2.24, 2.45) is 0 Å². The predicted molar refractivity (Wildman–Crippen MR) is 115 cm³/mol. The van der Waals surface area contributed by atoms with E-state index in [2.05, 4.69) is 22.0 Å². The lowest BCUT2D eigenvalue weighted by Crippen LogP contribution is -2.35. The van der Waals surface area contributed by atoms with Gasteiger partial charge in [-0.2, -0.15) is 0 Å². The van der Waals surface area contributed by atoms with Crippen LogP contribution in [0.4, 0.5) is 11.4 Å². The van der Waals surface area contributed by atoms with E-state index in [-0.39, 0.29) is 12.0 Å². The van der Waals surface area contributed by atoms with Crippen molar-refractivity contribution in [1.82, 2.24) is 4.90 Å². The Morgan fingerprint density at radius 3 is 2.38 bits per heavy atom. The second-order valence-corrected chi connectivity index (χ2v) is 9.25. The lowest BCUT2D eigenvalue weighted by molar-refractivity contribution is 0.102. The molecule has 1 fully saturated rings. The minimum Gasteiger partial charge on any atom is -0.490 e. The Hall–Kier alpha value is -2.58. The summed E-state index contributed by atoms with van der Waals surface area (Å²) in [5, 5.41) is 2.83. The van der Waals surface area contributed by atoms with Crippen molar-refractivity contribution >= 4 is 27.3 Å². The molecular formula is C21H27N3O4S. The summed E-state index contributed by atoms with van der Waals surface area (Å²) in [6.45, 7) is 3.84. The average Bonchev–Trinajstić information content (AvgIpc) is 2.66. The van der Waals surface area contributed by atoms with Gasteiger partial charge < -0.3 is 15.0 Å². The third-order valence-corrected chi connectivity index (χ3v) is 5.47. The molecular weight excluding hydrogens is 390 g/mol. The number of sulfonamides is 1. The molecule has 156 valence electrons. The number of benzene rings is 2. The van der Waals surface area contributed by atoms with Crippen LogP contribution in [0.3, 0.4) is 0 Å². The fraction of sp³-hybridized carbons (Fsp3) is 0.381. The molecule has 0 bridgehead atoms. The molecule has 1 amide bonds. The highest BCUT2D eigenvalue weighted by atomic mass is 32.2. The Morgan fingerprint density at radius 2 is 1.76 bits per heavy atom. The zero-order chi connectivity index (χ0) is 21.0. The van der Waals surface area contributed by atoms with Crippen molar-refractivity contribution in [2.45, 2.75) is 25.9 Å². The maximum absolute atomic E-state index is 12.6. The highest BCUT2D eigenvalue weighted by molar-refractivity contribution is 7.92. The largest absolute Gasteiger partial charge is 0.490 e. The molecule has 7 nitrogen and oxygen atoms in total. The van der Waals surface area contributed by atoms with Crippen molar-refractivity contribution in [3.05, 3.63) is 53.6 Å². The van der Waals surface area contributed by atoms with Crippen molar-refractivity contribution in [3.63, 3.8) is 0 Å². The lowest BCUT2D eigenvalue weighted by Gasteiger charge is -2.29. The monoisotopic (exact) mass is 417 g/mol. The quantitative estimate of drug-likeness (QED) is 0.754. The van der Waals surface area contributed by atoms with Crippen molar-refractivity contribution in [2.75, 3.05) is 36.4 Å². The molecule has 29 heavy (non-hydrogen) atoms. The standard InChI is InChI=1S/C21H27N3O4S/c1-15-4-5-16(14-20(15)23-29(3,26)27)21(25)22-17-6-8-18(9-7-17)28-19-10-12-24(2)13-11-19/h4-9,14,19,23H,10-13H2,1-3H3,(H,22,25). The van der Waals surface area contributed by atoms with Crippen LogP contribution in [0.1, 0.15) is 28.8 Å². The number of hydrogen-bond acceptors (Lipinski definition) is 5. The van der Waals surface area contributed by atoms with E-state index in [9.17, 15) is 13.2 Å². The Labute approximate surface area is 172 Å². The first-order valence-electron chi connectivity index (χ1n) is 9.55. The Kier molecular flexibility index (Phi) is 6.44. The normalized spacial score (nSPS) is 15.7. The van der Waals surface area contributed by atoms with E-state index < -0.39 is 10.0 Å². The van der Waals surface area contributed by atoms with Crippen LogP contribution in [0.5, 0.6) is 5.75 Å². The van der Waals surface area contributed by atoms with E-state index in [0.717, 1.165) is 43.5 Å². The van der Waals surface area contributed by atoms with Gasteiger partial charge in [-0.15, -0.1) is 0 Å². The molecule has 1 heterocycles. The maximum Gasteiger partial charge on any atom is 0.255 e. The molecule has 0 unspecified atom stereocenters. The summed E-state index contributed by atoms with van der Waals surface area (Å²) < 4.78 is 31.4. The molecule has 3 rings (SSSR count). The number of piperidine rings is 1. The minimum absolute atomic E-state index is 0.222. The smallest absolute Gasteiger partial charge is 0.255 e. The first-order valence-corrected chi connectivity index (χ1v) is 11.4. The second-order valence-electron chi connectivity index (χ2n) is 7.50. The summed E-state index contributed by atoms with van der Waals surface area (Å²) in [6, 6.07) is 12.2. The number of ether oxygens (including phenoxy) is 1. The topological polar surface area (TPSA) is 87.7 Å². The van der Waals surface area contributed by atoms with Gasteiger partial charge in [-0.1, -0.05) is 6.07 Å². The number of carbonyl (C=O) groups excluding carboxylic acids is 1. The number of carbonyl (C=O) groups is 1. The van der Waals surface area contributed by atoms with Crippen molar-refractivity contribution in [3.8, 4) is 5.75 Å². The molecule has 0 atom stereocenters. The molecule has 0 aliphatic carbocycles. The van der Waals surface area contributed by atoms with Gasteiger partial charge in [0.2, 0.25) is 10.0 Å². The van der Waals surface area contributed by atoms with Crippen molar-refractivity contribution in [1.29, 1.82) is 0 Å². The Balaban J connectivity index is 1.62. The number of anilines is 2. The molecule has 0 saturated carbocycles. The lowest BCUT2D eigenvalue weighted by atomic mass is 10.1. The minimum atomic E-state index is -3.42. The van der Waals surface area contributed by atoms with Gasteiger partial charge in [0.25, 0.3) is 5.91 Å². The number of nitrogens with one attached hydrogen (secondary N) is 2. The van der Waals surface area contributed by atoms with Crippen LogP contribution in [0.15, 0.2) is 42.5 Å². The molecule has 2 aromatic rings. The van der Waals surface area contributed by atoms with Gasteiger partial charge in [0.1, 0.15) is 11.9 Å². The van der Waals surface area contributed by atoms with E-state index in [1.165, 1.54) is 6.07 Å². The third kappa shape index (κ3) is 6.20. The number of nitrogens with zero attached hydrogens (tertiary/aromatic N) is 1. The van der Waals surface area contributed by atoms with Gasteiger partial charge in [0.15, 0.2) is 0 Å². The zero-order valence-corrected chi connectivity index (χ0v) is 17.8. The van der Waals surface area contributed by atoms with E-state index in [4.69, 9.17) is 4.74 Å². The second kappa shape index (κ2) is 8.84. The van der Waals surface area contributed by atoms with Gasteiger partial charge in [0, 0.05) is 24.3 Å². The molecule has 0 radical (unpaired) electrons. The van der Waals surface area contributed by atoms with Crippen LogP contribution < -0.4 is 14.8 Å². The average molecular weight is 418 g/mol. The van der Waals surface area contributed by atoms with Gasteiger partial charge in [0.05, 0.1) is 11.9 Å². The van der Waals surface area contributed by atoms with E-state index in [0.29, 0.717) is 16.9 Å². The summed E-state index contributed by atoms with van der Waals surface area (Å²) >= 11 is 0. The van der Waals surface area contributed by atoms with Gasteiger partial charge in [-0.25, -0.2) is 8.42 Å². The van der Waals surface area contributed by atoms with Crippen LogP contribution in [0, 0.1) is 6.92 Å². The van der Waals surface area contributed by atoms with Crippen molar-refractivity contribution < 1.29 is 17.9 Å². The van der Waals surface area contributed by atoms with Crippen LogP contribution in [-0.4, -0.2) is 51.7 Å². The first kappa shape index (κ1) is 21.1. The van der Waals surface area contributed by atoms with Crippen LogP contribution in [0.2, 0.25) is 0 Å². The molecule has 0 aromatic heterocycles. The van der Waals surface area contributed by atoms with E-state index >= 15 is 0 Å². The molecule has 0 spiro atoms. The number of hydrogen-bond donors (Lipinski definition) is 2. The summed E-state index contributed by atoms with van der Waals surface area (Å²) in [5.74, 6) is 0.470. The highest BCUT2D eigenvalue weighted by Gasteiger charge is 2.18. The third-order valence-electron chi connectivity index (χ3n) is 4.88. The summed E-state index contributed by atoms with van der Waals surface area (Å²) in [5.41, 5.74) is 2.14. The molecule has 2 N–H and O–H groups in total. The predicted octanol–water partition coefficient (Wildman–Crippen LogP) is 3.09. The zero-order valence-electron chi connectivity index (χ0n) is 16.9. The Morgan fingerprint density at radius 1 is 1.10 bits per heavy atom. The maximum atomic E-state index is 12.6. The van der Waals surface area contributed by atoms with Gasteiger partial charge >= 0.3 is 0 Å². The molecule has 1 aliphatic heterocycles. The molecule has 8 heteroatoms. The van der Waals surface area contributed by atoms with E-state index in [1.54, 1.807) is 31.2 Å². The summed E-state index contributed by atoms with van der Waals surface area (Å²) in [6.07, 6.45) is 3.31. The molecule has 1 saturated heterocycles. The molecule has 2 aromatic carbocycles. The first-order chi connectivity index (χ1) is 13.7. The summed E-state index contributed by atoms with van der Waals surface area (Å²) in [4.78, 5) is 14.8. The fourth-order valence-electron chi connectivity index (χ4n) is 3.19. The molecule has 1 aliphatic rings. The SMILES string of the molecule is Cc1ccc(C(=O)Nc2ccc(OC3CCN(C)CC3)cc2)cc1NS(C)(=O)=O. The highest BCUT2D eigenvalue weighted by Crippen LogP contribution is 2.22. The number of rotatable bonds is 6. The fourth-order valence-corrected chi connectivity index (χ4v) is 3.81. The van der Waals surface area contributed by atoms with Gasteiger partial charge in [-0.05, 0) is 68.8 Å². The Bertz CT molecular complexity index is 966.